The molecule has 6 nitrogen and oxygen atoms in total. The van der Waals surface area contributed by atoms with Crippen LogP contribution in [0.15, 0.2) is 12.1 Å². The number of amides is 2. The van der Waals surface area contributed by atoms with Crippen LogP contribution in [-0.2, 0) is 9.53 Å². The molecule has 21 heavy (non-hydrogen) atoms. The van der Waals surface area contributed by atoms with E-state index in [1.54, 1.807) is 0 Å². The summed E-state index contributed by atoms with van der Waals surface area (Å²) in [6.07, 6.45) is 0. The highest BCUT2D eigenvalue weighted by atomic mass is 35.5. The summed E-state index contributed by atoms with van der Waals surface area (Å²) in [7, 11) is 0. The smallest absolute Gasteiger partial charge is 0.319 e. The minimum absolute atomic E-state index is 0.0261. The molecule has 0 radical (unpaired) electrons. The average molecular weight is 337 g/mol. The largest absolute Gasteiger partial charge is 0.481 e. The fourth-order valence-electron chi connectivity index (χ4n) is 1.92. The van der Waals surface area contributed by atoms with Crippen molar-refractivity contribution >= 4 is 40.9 Å². The van der Waals surface area contributed by atoms with E-state index in [1.165, 1.54) is 0 Å². The summed E-state index contributed by atoms with van der Waals surface area (Å²) in [6.45, 7) is 0.119. The Kier molecular flexibility index (Phi) is 4.87. The topological polar surface area (TPSA) is 87.7 Å². The van der Waals surface area contributed by atoms with Gasteiger partial charge in [0.25, 0.3) is 0 Å². The van der Waals surface area contributed by atoms with Gasteiger partial charge in [-0.1, -0.05) is 23.2 Å². The van der Waals surface area contributed by atoms with E-state index in [4.69, 9.17) is 33.0 Å². The van der Waals surface area contributed by atoms with Crippen molar-refractivity contribution in [3.05, 3.63) is 28.0 Å². The predicted molar refractivity (Wildman–Crippen MR) is 74.3 cm³/mol. The number of halogens is 3. The molecule has 1 saturated heterocycles. The van der Waals surface area contributed by atoms with E-state index in [0.29, 0.717) is 0 Å². The number of ether oxygens (including phenoxy) is 1. The lowest BCUT2D eigenvalue weighted by atomic mass is 10.0. The molecule has 0 aromatic heterocycles. The molecule has 1 fully saturated rings. The molecule has 1 heterocycles. The van der Waals surface area contributed by atoms with Gasteiger partial charge in [-0.15, -0.1) is 0 Å². The van der Waals surface area contributed by atoms with Gasteiger partial charge in [-0.05, 0) is 12.1 Å². The summed E-state index contributed by atoms with van der Waals surface area (Å²) in [5, 5.41) is 13.7. The SMILES string of the molecule is O=C(Nc1c(Cl)cc(F)cc1Cl)NC1COCC1C(=O)O. The van der Waals surface area contributed by atoms with Crippen LogP contribution in [-0.4, -0.2) is 36.4 Å². The van der Waals surface area contributed by atoms with Crippen LogP contribution >= 0.6 is 23.2 Å². The molecular formula is C12H11Cl2FN2O4. The van der Waals surface area contributed by atoms with Gasteiger partial charge >= 0.3 is 12.0 Å². The number of nitrogens with one attached hydrogen (secondary N) is 2. The highest BCUT2D eigenvalue weighted by molar-refractivity contribution is 6.39. The Morgan fingerprint density at radius 3 is 2.48 bits per heavy atom. The minimum Gasteiger partial charge on any atom is -0.481 e. The van der Waals surface area contributed by atoms with Gasteiger partial charge in [-0.2, -0.15) is 0 Å². The second-order valence-corrected chi connectivity index (χ2v) is 5.25. The Morgan fingerprint density at radius 2 is 1.90 bits per heavy atom. The van der Waals surface area contributed by atoms with Gasteiger partial charge in [0, 0.05) is 0 Å². The summed E-state index contributed by atoms with van der Waals surface area (Å²) in [4.78, 5) is 22.8. The molecule has 9 heteroatoms. The van der Waals surface area contributed by atoms with E-state index < -0.39 is 29.8 Å². The summed E-state index contributed by atoms with van der Waals surface area (Å²) >= 11 is 11.6. The van der Waals surface area contributed by atoms with E-state index >= 15 is 0 Å². The van der Waals surface area contributed by atoms with Crippen LogP contribution < -0.4 is 10.6 Å². The molecule has 2 rings (SSSR count). The van der Waals surface area contributed by atoms with Crippen LogP contribution in [0.1, 0.15) is 0 Å². The number of anilines is 1. The van der Waals surface area contributed by atoms with Gasteiger partial charge in [-0.3, -0.25) is 4.79 Å². The van der Waals surface area contributed by atoms with E-state index in [2.05, 4.69) is 10.6 Å². The highest BCUT2D eigenvalue weighted by Gasteiger charge is 2.35. The Balaban J connectivity index is 2.04. The van der Waals surface area contributed by atoms with Crippen molar-refractivity contribution in [3.63, 3.8) is 0 Å². The van der Waals surface area contributed by atoms with Crippen molar-refractivity contribution < 1.29 is 23.8 Å². The monoisotopic (exact) mass is 336 g/mol. The third-order valence-corrected chi connectivity index (χ3v) is 3.56. The van der Waals surface area contributed by atoms with E-state index in [9.17, 15) is 14.0 Å². The molecule has 2 atom stereocenters. The summed E-state index contributed by atoms with van der Waals surface area (Å²) < 4.78 is 18.1. The molecule has 2 unspecified atom stereocenters. The van der Waals surface area contributed by atoms with Crippen LogP contribution in [0.25, 0.3) is 0 Å². The Bertz CT molecular complexity index is 561. The fraction of sp³-hybridized carbons (Fsp3) is 0.333. The Hall–Kier alpha value is -1.57. The number of rotatable bonds is 3. The van der Waals surface area contributed by atoms with Gasteiger partial charge in [0.15, 0.2) is 0 Å². The number of carboxylic acid groups (broad SMARTS) is 1. The lowest BCUT2D eigenvalue weighted by molar-refractivity contribution is -0.142. The number of hydrogen-bond acceptors (Lipinski definition) is 3. The fourth-order valence-corrected chi connectivity index (χ4v) is 2.47. The first-order chi connectivity index (χ1) is 9.88. The van der Waals surface area contributed by atoms with Crippen molar-refractivity contribution in [2.75, 3.05) is 18.5 Å². The second-order valence-electron chi connectivity index (χ2n) is 4.43. The van der Waals surface area contributed by atoms with Crippen LogP contribution in [0.2, 0.25) is 10.0 Å². The van der Waals surface area contributed by atoms with Gasteiger partial charge in [-0.25, -0.2) is 9.18 Å². The molecule has 0 bridgehead atoms. The van der Waals surface area contributed by atoms with Crippen LogP contribution in [0.5, 0.6) is 0 Å². The van der Waals surface area contributed by atoms with Gasteiger partial charge < -0.3 is 20.5 Å². The third kappa shape index (κ3) is 3.75. The first-order valence-electron chi connectivity index (χ1n) is 5.91. The number of aliphatic carboxylic acids is 1. The maximum atomic E-state index is 13.0. The van der Waals surface area contributed by atoms with Gasteiger partial charge in [0.2, 0.25) is 0 Å². The normalized spacial score (nSPS) is 21.1. The van der Waals surface area contributed by atoms with Crippen molar-refractivity contribution in [2.45, 2.75) is 6.04 Å². The molecule has 1 aromatic carbocycles. The van der Waals surface area contributed by atoms with Crippen LogP contribution in [0.3, 0.4) is 0 Å². The first kappa shape index (κ1) is 15.8. The molecule has 114 valence electrons. The standard InChI is InChI=1S/C12H11Cl2FN2O4/c13-7-1-5(15)2-8(14)10(7)17-12(20)16-9-4-21-3-6(9)11(18)19/h1-2,6,9H,3-4H2,(H,18,19)(H2,16,17,20). The number of carbonyl (C=O) groups excluding carboxylic acids is 1. The lowest BCUT2D eigenvalue weighted by Gasteiger charge is -2.17. The Morgan fingerprint density at radius 1 is 1.29 bits per heavy atom. The van der Waals surface area contributed by atoms with Crippen LogP contribution in [0.4, 0.5) is 14.9 Å². The number of urea groups is 1. The molecule has 3 N–H and O–H groups in total. The molecule has 1 aromatic rings. The third-order valence-electron chi connectivity index (χ3n) is 2.96. The number of carbonyl (C=O) groups is 2. The molecule has 2 amide bonds. The van der Waals surface area contributed by atoms with E-state index in [1.807, 2.05) is 0 Å². The molecule has 0 aliphatic carbocycles. The minimum atomic E-state index is -1.06. The first-order valence-corrected chi connectivity index (χ1v) is 6.66. The molecule has 1 aliphatic rings. The quantitative estimate of drug-likeness (QED) is 0.790. The molecular weight excluding hydrogens is 326 g/mol. The number of benzene rings is 1. The Labute approximate surface area is 129 Å². The van der Waals surface area contributed by atoms with Crippen molar-refractivity contribution in [2.24, 2.45) is 5.92 Å². The lowest BCUT2D eigenvalue weighted by Crippen LogP contribution is -2.44. The van der Waals surface area contributed by atoms with Crippen LogP contribution in [0, 0.1) is 11.7 Å². The maximum Gasteiger partial charge on any atom is 0.319 e. The van der Waals surface area contributed by atoms with Gasteiger partial charge in [0.1, 0.15) is 11.7 Å². The maximum absolute atomic E-state index is 13.0. The number of carboxylic acids is 1. The van der Waals surface area contributed by atoms with Crippen molar-refractivity contribution in [1.82, 2.24) is 5.32 Å². The zero-order valence-corrected chi connectivity index (χ0v) is 12.0. The van der Waals surface area contributed by atoms with E-state index in [0.717, 1.165) is 12.1 Å². The van der Waals surface area contributed by atoms with E-state index in [-0.39, 0.29) is 28.9 Å². The zero-order chi connectivity index (χ0) is 15.6. The molecule has 1 aliphatic heterocycles. The second kappa shape index (κ2) is 6.46. The molecule has 0 saturated carbocycles. The van der Waals surface area contributed by atoms with Crippen molar-refractivity contribution in [1.29, 1.82) is 0 Å². The summed E-state index contributed by atoms with van der Waals surface area (Å²) in [6, 6.07) is 0.636. The summed E-state index contributed by atoms with van der Waals surface area (Å²) in [5.41, 5.74) is 0.0445. The van der Waals surface area contributed by atoms with Gasteiger partial charge in [0.05, 0.1) is 35.0 Å². The number of hydrogen-bond donors (Lipinski definition) is 3. The predicted octanol–water partition coefficient (Wildman–Crippen LogP) is 2.35. The average Bonchev–Trinajstić information content (AvgIpc) is 2.82. The van der Waals surface area contributed by atoms with Crippen molar-refractivity contribution in [3.8, 4) is 0 Å². The highest BCUT2D eigenvalue weighted by Crippen LogP contribution is 2.31. The summed E-state index contributed by atoms with van der Waals surface area (Å²) in [5.74, 6) is -2.52. The molecule has 0 spiro atoms. The zero-order valence-electron chi connectivity index (χ0n) is 10.5.